The van der Waals surface area contributed by atoms with E-state index in [1.54, 1.807) is 0 Å². The number of likely N-dealkylation sites (tertiary alicyclic amines) is 1. The predicted molar refractivity (Wildman–Crippen MR) is 85.3 cm³/mol. The molecule has 1 aliphatic heterocycles. The third-order valence-electron chi connectivity index (χ3n) is 3.86. The zero-order chi connectivity index (χ0) is 18.8. The zero-order valence-electron chi connectivity index (χ0n) is 14.1. The first-order chi connectivity index (χ1) is 11.7. The van der Waals surface area contributed by atoms with Crippen LogP contribution in [0.3, 0.4) is 0 Å². The van der Waals surface area contributed by atoms with Crippen LogP contribution in [-0.4, -0.2) is 46.7 Å². The molecule has 1 heterocycles. The molecule has 0 aromatic heterocycles. The first kappa shape index (κ1) is 18.4. The number of ether oxygens (including phenoxy) is 2. The summed E-state index contributed by atoms with van der Waals surface area (Å²) in [7, 11) is 1.37. The highest BCUT2D eigenvalue weighted by atomic mass is 16.6. The third kappa shape index (κ3) is 3.93. The summed E-state index contributed by atoms with van der Waals surface area (Å²) in [5.74, 6) is -1.20. The quantitative estimate of drug-likeness (QED) is 0.415. The van der Waals surface area contributed by atoms with E-state index in [4.69, 9.17) is 9.47 Å². The monoisotopic (exact) mass is 350 g/mol. The van der Waals surface area contributed by atoms with Gasteiger partial charge >= 0.3 is 5.69 Å². The van der Waals surface area contributed by atoms with E-state index in [1.165, 1.54) is 39.2 Å². The van der Waals surface area contributed by atoms with Crippen LogP contribution in [0.5, 0.6) is 11.5 Å². The highest BCUT2D eigenvalue weighted by Gasteiger charge is 2.38. The van der Waals surface area contributed by atoms with E-state index in [9.17, 15) is 24.5 Å². The Kier molecular flexibility index (Phi) is 5.05. The van der Waals surface area contributed by atoms with E-state index in [0.717, 1.165) is 4.90 Å². The molecule has 1 fully saturated rings. The van der Waals surface area contributed by atoms with E-state index < -0.39 is 34.7 Å². The second-order valence-corrected chi connectivity index (χ2v) is 6.00. The number of ketones is 1. The number of imide groups is 1. The molecule has 1 saturated heterocycles. The van der Waals surface area contributed by atoms with Crippen LogP contribution in [0.4, 0.5) is 5.69 Å². The minimum absolute atomic E-state index is 0.0807. The number of nitrogens with zero attached hydrogens (tertiary/aromatic N) is 2. The molecule has 9 nitrogen and oxygen atoms in total. The van der Waals surface area contributed by atoms with Gasteiger partial charge in [0.25, 0.3) is 0 Å². The fourth-order valence-corrected chi connectivity index (χ4v) is 2.32. The van der Waals surface area contributed by atoms with E-state index in [-0.39, 0.29) is 30.0 Å². The van der Waals surface area contributed by atoms with E-state index in [1.807, 2.05) is 0 Å². The van der Waals surface area contributed by atoms with E-state index in [2.05, 4.69) is 0 Å². The SMILES string of the molecule is COc1ccc(OC(C)(C)C(=O)CN2C(=O)CCC2=O)c([N+](=O)[O-])c1. The molecule has 9 heteroatoms. The summed E-state index contributed by atoms with van der Waals surface area (Å²) in [6, 6.07) is 3.98. The van der Waals surface area contributed by atoms with Gasteiger partial charge in [0.15, 0.2) is 17.1 Å². The number of benzene rings is 1. The second-order valence-electron chi connectivity index (χ2n) is 6.00. The van der Waals surface area contributed by atoms with Crippen LogP contribution < -0.4 is 9.47 Å². The van der Waals surface area contributed by atoms with Crippen molar-refractivity contribution in [3.05, 3.63) is 28.3 Å². The van der Waals surface area contributed by atoms with Crippen LogP contribution in [0.15, 0.2) is 18.2 Å². The largest absolute Gasteiger partial charge is 0.496 e. The Morgan fingerprint density at radius 1 is 1.28 bits per heavy atom. The number of amides is 2. The molecular formula is C16H18N2O7. The van der Waals surface area contributed by atoms with Crippen molar-refractivity contribution in [2.45, 2.75) is 32.3 Å². The van der Waals surface area contributed by atoms with Gasteiger partial charge < -0.3 is 9.47 Å². The molecule has 1 aliphatic rings. The summed E-state index contributed by atoms with van der Waals surface area (Å²) >= 11 is 0. The molecule has 2 amide bonds. The highest BCUT2D eigenvalue weighted by molar-refractivity contribution is 6.05. The Hall–Kier alpha value is -2.97. The Balaban J connectivity index is 2.20. The number of hydrogen-bond acceptors (Lipinski definition) is 7. The van der Waals surface area contributed by atoms with Crippen LogP contribution in [0.2, 0.25) is 0 Å². The average Bonchev–Trinajstić information content (AvgIpc) is 2.86. The first-order valence-electron chi connectivity index (χ1n) is 7.53. The topological polar surface area (TPSA) is 116 Å². The minimum Gasteiger partial charge on any atom is -0.496 e. The summed E-state index contributed by atoms with van der Waals surface area (Å²) in [6.45, 7) is 2.43. The normalized spacial score (nSPS) is 14.6. The lowest BCUT2D eigenvalue weighted by molar-refractivity contribution is -0.386. The number of hydrogen-bond donors (Lipinski definition) is 0. The molecule has 0 unspecified atom stereocenters. The average molecular weight is 350 g/mol. The summed E-state index contributed by atoms with van der Waals surface area (Å²) in [5, 5.41) is 11.2. The first-order valence-corrected chi connectivity index (χ1v) is 7.53. The maximum absolute atomic E-state index is 12.5. The fourth-order valence-electron chi connectivity index (χ4n) is 2.32. The summed E-state index contributed by atoms with van der Waals surface area (Å²) in [5.41, 5.74) is -1.82. The van der Waals surface area contributed by atoms with Gasteiger partial charge in [0.1, 0.15) is 5.75 Å². The van der Waals surface area contributed by atoms with Crippen molar-refractivity contribution in [3.63, 3.8) is 0 Å². The molecule has 0 radical (unpaired) electrons. The van der Waals surface area contributed by atoms with Gasteiger partial charge in [-0.1, -0.05) is 0 Å². The van der Waals surface area contributed by atoms with Crippen molar-refractivity contribution in [3.8, 4) is 11.5 Å². The van der Waals surface area contributed by atoms with Gasteiger partial charge in [0, 0.05) is 12.8 Å². The molecule has 2 rings (SSSR count). The van der Waals surface area contributed by atoms with Gasteiger partial charge in [-0.05, 0) is 26.0 Å². The lowest BCUT2D eigenvalue weighted by Crippen LogP contribution is -2.46. The zero-order valence-corrected chi connectivity index (χ0v) is 14.1. The number of nitro groups is 1. The van der Waals surface area contributed by atoms with Gasteiger partial charge in [-0.15, -0.1) is 0 Å². The van der Waals surface area contributed by atoms with Crippen LogP contribution in [0.1, 0.15) is 26.7 Å². The van der Waals surface area contributed by atoms with Gasteiger partial charge in [0.05, 0.1) is 24.6 Å². The molecule has 0 N–H and O–H groups in total. The molecule has 1 aromatic carbocycles. The van der Waals surface area contributed by atoms with Gasteiger partial charge in [-0.25, -0.2) is 0 Å². The Labute approximate surface area is 143 Å². The maximum atomic E-state index is 12.5. The number of methoxy groups -OCH3 is 1. The Bertz CT molecular complexity index is 726. The maximum Gasteiger partial charge on any atom is 0.314 e. The molecule has 1 aromatic rings. The molecule has 25 heavy (non-hydrogen) atoms. The van der Waals surface area contributed by atoms with Crippen LogP contribution in [0, 0.1) is 10.1 Å². The molecular weight excluding hydrogens is 332 g/mol. The van der Waals surface area contributed by atoms with Gasteiger partial charge in [-0.2, -0.15) is 0 Å². The lowest BCUT2D eigenvalue weighted by atomic mass is 10.0. The van der Waals surface area contributed by atoms with Crippen molar-refractivity contribution < 1.29 is 28.8 Å². The van der Waals surface area contributed by atoms with Gasteiger partial charge in [0.2, 0.25) is 11.8 Å². The van der Waals surface area contributed by atoms with Crippen molar-refractivity contribution >= 4 is 23.3 Å². The number of carbonyl (C=O) groups is 3. The van der Waals surface area contributed by atoms with Crippen molar-refractivity contribution in [1.29, 1.82) is 0 Å². The van der Waals surface area contributed by atoms with Crippen LogP contribution in [0.25, 0.3) is 0 Å². The van der Waals surface area contributed by atoms with E-state index in [0.29, 0.717) is 0 Å². The highest BCUT2D eigenvalue weighted by Crippen LogP contribution is 2.33. The standard InChI is InChI=1S/C16H18N2O7/c1-16(2,13(19)9-17-14(20)6-7-15(17)21)25-12-5-4-10(24-3)8-11(12)18(22)23/h4-5,8H,6-7,9H2,1-3H3. The molecule has 0 saturated carbocycles. The molecule has 0 bridgehead atoms. The molecule has 0 spiro atoms. The number of nitro benzene ring substituents is 1. The second kappa shape index (κ2) is 6.88. The minimum atomic E-state index is -1.47. The van der Waals surface area contributed by atoms with Crippen molar-refractivity contribution in [2.75, 3.05) is 13.7 Å². The van der Waals surface area contributed by atoms with Crippen LogP contribution in [-0.2, 0) is 14.4 Å². The smallest absolute Gasteiger partial charge is 0.314 e. The summed E-state index contributed by atoms with van der Waals surface area (Å²) < 4.78 is 10.5. The summed E-state index contributed by atoms with van der Waals surface area (Å²) in [6.07, 6.45) is 0.161. The predicted octanol–water partition coefficient (Wildman–Crippen LogP) is 1.48. The van der Waals surface area contributed by atoms with Gasteiger partial charge in [-0.3, -0.25) is 29.4 Å². The fraction of sp³-hybridized carbons (Fsp3) is 0.438. The van der Waals surface area contributed by atoms with E-state index >= 15 is 0 Å². The number of rotatable bonds is 7. The third-order valence-corrected chi connectivity index (χ3v) is 3.86. The van der Waals surface area contributed by atoms with Crippen molar-refractivity contribution in [2.24, 2.45) is 0 Å². The van der Waals surface area contributed by atoms with Crippen molar-refractivity contribution in [1.82, 2.24) is 4.90 Å². The molecule has 134 valence electrons. The lowest BCUT2D eigenvalue weighted by Gasteiger charge is -2.26. The Morgan fingerprint density at radius 2 is 1.88 bits per heavy atom. The number of Topliss-reactive ketones (excluding diaryl/α,β-unsaturated/α-hetero) is 1. The molecule has 0 aliphatic carbocycles. The van der Waals surface area contributed by atoms with Crippen LogP contribution >= 0.6 is 0 Å². The summed E-state index contributed by atoms with van der Waals surface area (Å²) in [4.78, 5) is 47.1. The molecule has 0 atom stereocenters. The Morgan fingerprint density at radius 3 is 2.40 bits per heavy atom. The number of carbonyl (C=O) groups excluding carboxylic acids is 3.